The Labute approximate surface area is 106 Å². The highest BCUT2D eigenvalue weighted by molar-refractivity contribution is 5.95. The molecule has 1 aliphatic carbocycles. The van der Waals surface area contributed by atoms with Crippen LogP contribution in [0.15, 0.2) is 18.2 Å². The van der Waals surface area contributed by atoms with Crippen molar-refractivity contribution in [2.75, 3.05) is 12.8 Å². The third-order valence-electron chi connectivity index (χ3n) is 3.29. The van der Waals surface area contributed by atoms with Crippen LogP contribution in [0.5, 0.6) is 5.75 Å². The lowest BCUT2D eigenvalue weighted by Crippen LogP contribution is -2.39. The number of anilines is 1. The van der Waals surface area contributed by atoms with E-state index in [1.807, 2.05) is 0 Å². The maximum absolute atomic E-state index is 12.0. The first-order valence-electron chi connectivity index (χ1n) is 6.04. The number of nitrogen functional groups attached to an aromatic ring is 1. The molecule has 0 aromatic heterocycles. The number of methoxy groups -OCH3 is 1. The van der Waals surface area contributed by atoms with Crippen LogP contribution in [0.25, 0.3) is 0 Å². The molecule has 0 unspecified atom stereocenters. The van der Waals surface area contributed by atoms with E-state index < -0.39 is 6.10 Å². The smallest absolute Gasteiger partial charge is 0.251 e. The fraction of sp³-hybridized carbons (Fsp3) is 0.462. The lowest BCUT2D eigenvalue weighted by molar-refractivity contribution is 0.0873. The maximum atomic E-state index is 12.0. The summed E-state index contributed by atoms with van der Waals surface area (Å²) in [5.74, 6) is 0.272. The minimum atomic E-state index is -0.440. The Kier molecular flexibility index (Phi) is 3.72. The quantitative estimate of drug-likeness (QED) is 0.696. The highest BCUT2D eigenvalue weighted by Gasteiger charge is 2.26. The molecule has 0 heterocycles. The molecule has 0 radical (unpaired) electrons. The molecule has 1 aliphatic rings. The first-order valence-corrected chi connectivity index (χ1v) is 6.04. The second-order valence-corrected chi connectivity index (χ2v) is 4.53. The fourth-order valence-corrected chi connectivity index (χ4v) is 2.21. The molecule has 0 aliphatic heterocycles. The van der Waals surface area contributed by atoms with Gasteiger partial charge < -0.3 is 20.9 Å². The molecule has 0 saturated heterocycles. The number of aliphatic hydroxyl groups excluding tert-OH is 1. The van der Waals surface area contributed by atoms with Gasteiger partial charge in [-0.15, -0.1) is 0 Å². The highest BCUT2D eigenvalue weighted by atomic mass is 16.5. The number of benzene rings is 1. The molecule has 5 heteroatoms. The molecule has 0 bridgehead atoms. The molecule has 4 N–H and O–H groups in total. The Bertz CT molecular complexity index is 448. The molecular weight excluding hydrogens is 232 g/mol. The second kappa shape index (κ2) is 5.27. The third kappa shape index (κ3) is 2.56. The molecule has 1 amide bonds. The van der Waals surface area contributed by atoms with E-state index in [1.165, 1.54) is 7.11 Å². The summed E-state index contributed by atoms with van der Waals surface area (Å²) in [5, 5.41) is 12.5. The number of carbonyl (C=O) groups excluding carboxylic acids is 1. The van der Waals surface area contributed by atoms with Gasteiger partial charge in [0, 0.05) is 5.56 Å². The number of nitrogens with one attached hydrogen (secondary N) is 1. The van der Waals surface area contributed by atoms with E-state index in [1.54, 1.807) is 18.2 Å². The van der Waals surface area contributed by atoms with E-state index in [9.17, 15) is 9.90 Å². The summed E-state index contributed by atoms with van der Waals surface area (Å²) in [4.78, 5) is 12.0. The van der Waals surface area contributed by atoms with E-state index in [0.717, 1.165) is 19.3 Å². The van der Waals surface area contributed by atoms with Gasteiger partial charge in [-0.2, -0.15) is 0 Å². The van der Waals surface area contributed by atoms with Crippen LogP contribution >= 0.6 is 0 Å². The number of hydrogen-bond acceptors (Lipinski definition) is 4. The molecule has 2 atom stereocenters. The van der Waals surface area contributed by atoms with Crippen LogP contribution in [-0.2, 0) is 0 Å². The summed E-state index contributed by atoms with van der Waals surface area (Å²) < 4.78 is 5.07. The van der Waals surface area contributed by atoms with Gasteiger partial charge in [0.2, 0.25) is 0 Å². The lowest BCUT2D eigenvalue weighted by Gasteiger charge is -2.16. The molecule has 98 valence electrons. The predicted octanol–water partition coefficient (Wildman–Crippen LogP) is 0.921. The van der Waals surface area contributed by atoms with Gasteiger partial charge in [-0.1, -0.05) is 0 Å². The lowest BCUT2D eigenvalue weighted by atomic mass is 10.1. The number of amides is 1. The average Bonchev–Trinajstić information content (AvgIpc) is 2.75. The van der Waals surface area contributed by atoms with Gasteiger partial charge in [0.1, 0.15) is 5.75 Å². The number of nitrogens with two attached hydrogens (primary N) is 1. The van der Waals surface area contributed by atoms with E-state index in [0.29, 0.717) is 17.0 Å². The minimum Gasteiger partial charge on any atom is -0.495 e. The van der Waals surface area contributed by atoms with Crippen molar-refractivity contribution in [2.24, 2.45) is 0 Å². The first-order chi connectivity index (χ1) is 8.61. The third-order valence-corrected chi connectivity index (χ3v) is 3.29. The average molecular weight is 250 g/mol. The van der Waals surface area contributed by atoms with Crippen molar-refractivity contribution in [1.82, 2.24) is 5.32 Å². The van der Waals surface area contributed by atoms with E-state index in [4.69, 9.17) is 10.5 Å². The van der Waals surface area contributed by atoms with Gasteiger partial charge in [-0.05, 0) is 37.5 Å². The largest absolute Gasteiger partial charge is 0.495 e. The van der Waals surface area contributed by atoms with Gasteiger partial charge in [-0.3, -0.25) is 4.79 Å². The Morgan fingerprint density at radius 2 is 2.28 bits per heavy atom. The highest BCUT2D eigenvalue weighted by Crippen LogP contribution is 2.23. The summed E-state index contributed by atoms with van der Waals surface area (Å²) >= 11 is 0. The first kappa shape index (κ1) is 12.7. The predicted molar refractivity (Wildman–Crippen MR) is 68.5 cm³/mol. The molecule has 2 rings (SSSR count). The van der Waals surface area contributed by atoms with Crippen molar-refractivity contribution in [3.63, 3.8) is 0 Å². The van der Waals surface area contributed by atoms with Gasteiger partial charge in [0.15, 0.2) is 0 Å². The zero-order valence-electron chi connectivity index (χ0n) is 10.3. The molecule has 1 saturated carbocycles. The monoisotopic (exact) mass is 250 g/mol. The molecular formula is C13H18N2O3. The Morgan fingerprint density at radius 3 is 2.89 bits per heavy atom. The molecule has 1 fully saturated rings. The van der Waals surface area contributed by atoms with Crippen molar-refractivity contribution < 1.29 is 14.6 Å². The minimum absolute atomic E-state index is 0.152. The van der Waals surface area contributed by atoms with Gasteiger partial charge in [0.25, 0.3) is 5.91 Å². The number of aliphatic hydroxyl groups is 1. The van der Waals surface area contributed by atoms with E-state index in [2.05, 4.69) is 5.32 Å². The van der Waals surface area contributed by atoms with E-state index in [-0.39, 0.29) is 11.9 Å². The van der Waals surface area contributed by atoms with Crippen LogP contribution in [0, 0.1) is 0 Å². The summed E-state index contributed by atoms with van der Waals surface area (Å²) in [6.45, 7) is 0. The fourth-order valence-electron chi connectivity index (χ4n) is 2.21. The van der Waals surface area contributed by atoms with Crippen molar-refractivity contribution in [2.45, 2.75) is 31.4 Å². The van der Waals surface area contributed by atoms with Crippen molar-refractivity contribution in [1.29, 1.82) is 0 Å². The maximum Gasteiger partial charge on any atom is 0.251 e. The van der Waals surface area contributed by atoms with Crippen LogP contribution in [0.1, 0.15) is 29.6 Å². The topological polar surface area (TPSA) is 84.6 Å². The van der Waals surface area contributed by atoms with E-state index >= 15 is 0 Å². The normalized spacial score (nSPS) is 22.8. The molecule has 1 aromatic carbocycles. The van der Waals surface area contributed by atoms with Crippen molar-refractivity contribution in [3.8, 4) is 5.75 Å². The zero-order chi connectivity index (χ0) is 13.1. The van der Waals surface area contributed by atoms with Crippen LogP contribution in [-0.4, -0.2) is 30.3 Å². The van der Waals surface area contributed by atoms with Gasteiger partial charge >= 0.3 is 0 Å². The summed E-state index contributed by atoms with van der Waals surface area (Å²) in [6, 6.07) is 4.74. The van der Waals surface area contributed by atoms with Crippen molar-refractivity contribution >= 4 is 11.6 Å². The van der Waals surface area contributed by atoms with Gasteiger partial charge in [0.05, 0.1) is 24.9 Å². The van der Waals surface area contributed by atoms with Crippen molar-refractivity contribution in [3.05, 3.63) is 23.8 Å². The number of hydrogen-bond donors (Lipinski definition) is 3. The van der Waals surface area contributed by atoms with Gasteiger partial charge in [-0.25, -0.2) is 0 Å². The molecule has 18 heavy (non-hydrogen) atoms. The van der Waals surface area contributed by atoms with Crippen LogP contribution in [0.4, 0.5) is 5.69 Å². The summed E-state index contributed by atoms with van der Waals surface area (Å²) in [5.41, 5.74) is 6.67. The Hall–Kier alpha value is -1.75. The number of ether oxygens (including phenoxy) is 1. The molecule has 1 aromatic rings. The standard InChI is InChI=1S/C13H18N2O3/c1-18-12-7-8(5-6-9(12)14)13(17)15-10-3-2-4-11(10)16/h5-7,10-11,16H,2-4,14H2,1H3,(H,15,17)/t10-,11-/m1/s1. The molecule has 5 nitrogen and oxygen atoms in total. The van der Waals surface area contributed by atoms with Crippen LogP contribution in [0.3, 0.4) is 0 Å². The zero-order valence-corrected chi connectivity index (χ0v) is 10.3. The second-order valence-electron chi connectivity index (χ2n) is 4.53. The SMILES string of the molecule is COc1cc(C(=O)N[C@@H]2CCC[C@H]2O)ccc1N. The summed E-state index contributed by atoms with van der Waals surface area (Å²) in [6.07, 6.45) is 2.07. The Balaban J connectivity index is 2.09. The molecule has 0 spiro atoms. The van der Waals surface area contributed by atoms with Crippen LogP contribution in [0.2, 0.25) is 0 Å². The Morgan fingerprint density at radius 1 is 1.50 bits per heavy atom. The van der Waals surface area contributed by atoms with Crippen LogP contribution < -0.4 is 15.8 Å². The number of carbonyl (C=O) groups is 1. The summed E-state index contributed by atoms with van der Waals surface area (Å²) in [7, 11) is 1.51. The number of rotatable bonds is 3.